The first-order valence-electron chi connectivity index (χ1n) is 9.54. The molecule has 6 heteroatoms. The van der Waals surface area contributed by atoms with Gasteiger partial charge in [0.05, 0.1) is 6.04 Å². The summed E-state index contributed by atoms with van der Waals surface area (Å²) in [5, 5.41) is 0. The summed E-state index contributed by atoms with van der Waals surface area (Å²) >= 11 is 0. The van der Waals surface area contributed by atoms with E-state index in [9.17, 15) is 18.0 Å². The van der Waals surface area contributed by atoms with E-state index in [0.717, 1.165) is 16.0 Å². The van der Waals surface area contributed by atoms with E-state index in [0.29, 0.717) is 6.54 Å². The molecule has 1 aliphatic heterocycles. The summed E-state index contributed by atoms with van der Waals surface area (Å²) in [6, 6.07) is 20.3. The van der Waals surface area contributed by atoms with Gasteiger partial charge in [-0.2, -0.15) is 13.2 Å². The Morgan fingerprint density at radius 1 is 1.07 bits per heavy atom. The van der Waals surface area contributed by atoms with Crippen LogP contribution in [0.3, 0.4) is 0 Å². The molecule has 0 N–H and O–H groups in total. The number of amides is 1. The van der Waals surface area contributed by atoms with Gasteiger partial charge in [-0.3, -0.25) is 9.69 Å². The summed E-state index contributed by atoms with van der Waals surface area (Å²) in [5.41, 5.74) is 2.30. The third-order valence-corrected chi connectivity index (χ3v) is 5.58. The molecule has 28 heavy (non-hydrogen) atoms. The molecule has 0 aromatic heterocycles. The van der Waals surface area contributed by atoms with Gasteiger partial charge < -0.3 is 4.90 Å². The normalized spacial score (nSPS) is 20.1. The number of hydrogen-bond acceptors (Lipinski definition) is 2. The van der Waals surface area contributed by atoms with E-state index in [1.54, 1.807) is 6.92 Å². The number of halogens is 3. The molecule has 0 radical (unpaired) electrons. The van der Waals surface area contributed by atoms with Crippen LogP contribution >= 0.6 is 0 Å². The van der Waals surface area contributed by atoms with E-state index in [2.05, 4.69) is 29.2 Å². The van der Waals surface area contributed by atoms with Crippen LogP contribution < -0.4 is 0 Å². The van der Waals surface area contributed by atoms with Gasteiger partial charge in [0.2, 0.25) is 0 Å². The van der Waals surface area contributed by atoms with Crippen molar-refractivity contribution >= 4 is 5.91 Å². The molecule has 0 bridgehead atoms. The summed E-state index contributed by atoms with van der Waals surface area (Å²) in [6.07, 6.45) is -4.82. The van der Waals surface area contributed by atoms with E-state index in [1.807, 2.05) is 43.3 Å². The molecule has 1 fully saturated rings. The van der Waals surface area contributed by atoms with Gasteiger partial charge in [-0.05, 0) is 25.0 Å². The standard InChI is InChI=1S/C22H25F3N2O/c1-3-26(21(28)22(23,24)25)14-19-15-27(16(19)2)20(17-10-6-4-7-11-17)18-12-8-5-9-13-18/h4-13,16,19-20H,3,14-15H2,1-2H3/t16-,19+/m1/s1. The van der Waals surface area contributed by atoms with Crippen molar-refractivity contribution in [3.63, 3.8) is 0 Å². The van der Waals surface area contributed by atoms with Crippen molar-refractivity contribution in [2.45, 2.75) is 32.1 Å². The monoisotopic (exact) mass is 390 g/mol. The van der Waals surface area contributed by atoms with Gasteiger partial charge >= 0.3 is 12.1 Å². The number of alkyl halides is 3. The molecular formula is C22H25F3N2O. The van der Waals surface area contributed by atoms with Gasteiger partial charge in [0, 0.05) is 31.6 Å². The summed E-state index contributed by atoms with van der Waals surface area (Å²) in [4.78, 5) is 14.8. The Labute approximate surface area is 163 Å². The Balaban J connectivity index is 1.76. The molecule has 0 saturated carbocycles. The lowest BCUT2D eigenvalue weighted by Gasteiger charge is -2.52. The molecule has 3 nitrogen and oxygen atoms in total. The summed E-state index contributed by atoms with van der Waals surface area (Å²) in [7, 11) is 0. The number of likely N-dealkylation sites (tertiary alicyclic amines) is 1. The van der Waals surface area contributed by atoms with E-state index in [-0.39, 0.29) is 31.1 Å². The molecule has 2 atom stereocenters. The van der Waals surface area contributed by atoms with Crippen molar-refractivity contribution < 1.29 is 18.0 Å². The molecule has 0 aliphatic carbocycles. The lowest BCUT2D eigenvalue weighted by Crippen LogP contribution is -2.60. The molecule has 2 aromatic rings. The second-order valence-corrected chi connectivity index (χ2v) is 7.26. The van der Waals surface area contributed by atoms with Crippen LogP contribution in [0.5, 0.6) is 0 Å². The molecule has 1 heterocycles. The zero-order valence-electron chi connectivity index (χ0n) is 16.1. The quantitative estimate of drug-likeness (QED) is 0.725. The Morgan fingerprint density at radius 2 is 1.57 bits per heavy atom. The first-order valence-corrected chi connectivity index (χ1v) is 9.54. The SMILES string of the molecule is CCN(C[C@H]1CN(C(c2ccccc2)c2ccccc2)[C@@H]1C)C(=O)C(F)(F)F. The van der Waals surface area contributed by atoms with Crippen LogP contribution in [0.15, 0.2) is 60.7 Å². The maximum absolute atomic E-state index is 12.8. The van der Waals surface area contributed by atoms with Gasteiger partial charge in [0.15, 0.2) is 0 Å². The second kappa shape index (κ2) is 8.35. The van der Waals surface area contributed by atoms with Crippen molar-refractivity contribution in [3.05, 3.63) is 71.8 Å². The molecule has 0 spiro atoms. The Bertz CT molecular complexity index is 740. The molecule has 1 amide bonds. The zero-order valence-corrected chi connectivity index (χ0v) is 16.1. The van der Waals surface area contributed by atoms with E-state index in [4.69, 9.17) is 0 Å². The lowest BCUT2D eigenvalue weighted by molar-refractivity contribution is -0.187. The van der Waals surface area contributed by atoms with Gasteiger partial charge in [-0.1, -0.05) is 60.7 Å². The second-order valence-electron chi connectivity index (χ2n) is 7.26. The Hall–Kier alpha value is -2.34. The minimum Gasteiger partial charge on any atom is -0.335 e. The number of carbonyl (C=O) groups is 1. The van der Waals surface area contributed by atoms with E-state index < -0.39 is 12.1 Å². The van der Waals surface area contributed by atoms with Crippen molar-refractivity contribution in [1.29, 1.82) is 0 Å². The van der Waals surface area contributed by atoms with Crippen LogP contribution in [-0.2, 0) is 4.79 Å². The number of rotatable bonds is 6. The number of nitrogens with zero attached hydrogens (tertiary/aromatic N) is 2. The Morgan fingerprint density at radius 3 is 1.96 bits per heavy atom. The number of hydrogen-bond donors (Lipinski definition) is 0. The van der Waals surface area contributed by atoms with Crippen LogP contribution in [0.4, 0.5) is 13.2 Å². The van der Waals surface area contributed by atoms with Crippen LogP contribution in [0.2, 0.25) is 0 Å². The van der Waals surface area contributed by atoms with Gasteiger partial charge in [0.1, 0.15) is 0 Å². The van der Waals surface area contributed by atoms with E-state index >= 15 is 0 Å². The largest absolute Gasteiger partial charge is 0.471 e. The highest BCUT2D eigenvalue weighted by Gasteiger charge is 2.46. The molecular weight excluding hydrogens is 365 g/mol. The fourth-order valence-electron chi connectivity index (χ4n) is 3.94. The highest BCUT2D eigenvalue weighted by Crippen LogP contribution is 2.39. The first kappa shape index (κ1) is 20.4. The predicted molar refractivity (Wildman–Crippen MR) is 103 cm³/mol. The number of benzene rings is 2. The van der Waals surface area contributed by atoms with Crippen molar-refractivity contribution in [2.75, 3.05) is 19.6 Å². The summed E-state index contributed by atoms with van der Waals surface area (Å²) in [6.45, 7) is 4.45. The topological polar surface area (TPSA) is 23.6 Å². The zero-order chi connectivity index (χ0) is 20.3. The number of carbonyl (C=O) groups excluding carboxylic acids is 1. The van der Waals surface area contributed by atoms with Gasteiger partial charge in [-0.15, -0.1) is 0 Å². The molecule has 150 valence electrons. The molecule has 0 unspecified atom stereocenters. The van der Waals surface area contributed by atoms with Crippen molar-refractivity contribution in [3.8, 4) is 0 Å². The van der Waals surface area contributed by atoms with Crippen molar-refractivity contribution in [1.82, 2.24) is 9.80 Å². The minimum absolute atomic E-state index is 0.0150. The highest BCUT2D eigenvalue weighted by molar-refractivity contribution is 5.81. The van der Waals surface area contributed by atoms with Crippen LogP contribution in [0, 0.1) is 5.92 Å². The summed E-state index contributed by atoms with van der Waals surface area (Å²) < 4.78 is 38.4. The molecule has 3 rings (SSSR count). The molecule has 2 aromatic carbocycles. The first-order chi connectivity index (χ1) is 13.3. The molecule has 1 aliphatic rings. The maximum Gasteiger partial charge on any atom is 0.471 e. The maximum atomic E-state index is 12.8. The highest BCUT2D eigenvalue weighted by atomic mass is 19.4. The Kier molecular flexibility index (Phi) is 6.08. The van der Waals surface area contributed by atoms with Crippen LogP contribution in [-0.4, -0.2) is 47.6 Å². The minimum atomic E-state index is -4.82. The smallest absolute Gasteiger partial charge is 0.335 e. The average Bonchev–Trinajstić information content (AvgIpc) is 2.70. The van der Waals surface area contributed by atoms with Gasteiger partial charge in [-0.25, -0.2) is 0 Å². The predicted octanol–water partition coefficient (Wildman–Crippen LogP) is 4.51. The lowest BCUT2D eigenvalue weighted by atomic mass is 9.83. The summed E-state index contributed by atoms with van der Waals surface area (Å²) in [5.74, 6) is -1.73. The molecule has 1 saturated heterocycles. The van der Waals surface area contributed by atoms with Crippen LogP contribution in [0.1, 0.15) is 31.0 Å². The third-order valence-electron chi connectivity index (χ3n) is 5.58. The van der Waals surface area contributed by atoms with Crippen LogP contribution in [0.25, 0.3) is 0 Å². The van der Waals surface area contributed by atoms with Gasteiger partial charge in [0.25, 0.3) is 0 Å². The fraction of sp³-hybridized carbons (Fsp3) is 0.409. The third kappa shape index (κ3) is 4.22. The average molecular weight is 390 g/mol. The van der Waals surface area contributed by atoms with E-state index in [1.165, 1.54) is 0 Å². The fourth-order valence-corrected chi connectivity index (χ4v) is 3.94. The van der Waals surface area contributed by atoms with Crippen molar-refractivity contribution in [2.24, 2.45) is 5.92 Å².